The number of rotatable bonds is 4. The van der Waals surface area contributed by atoms with Gasteiger partial charge in [-0.1, -0.05) is 30.3 Å². The minimum Gasteiger partial charge on any atom is -0.314 e. The smallest absolute Gasteiger partial charge is 0.314 e. The molecule has 0 aliphatic rings. The molecule has 0 radical (unpaired) electrons. The Kier molecular flexibility index (Phi) is 4.02. The van der Waals surface area contributed by atoms with E-state index in [-0.39, 0.29) is 18.1 Å². The number of hydrogen-bond acceptors (Lipinski definition) is 2. The van der Waals surface area contributed by atoms with Gasteiger partial charge in [0.05, 0.1) is 11.0 Å². The van der Waals surface area contributed by atoms with Gasteiger partial charge in [-0.25, -0.2) is 4.79 Å². The Bertz CT molecular complexity index is 894. The fraction of sp³-hybridized carbons (Fsp3) is 0.222. The summed E-state index contributed by atoms with van der Waals surface area (Å²) < 4.78 is 3.23. The third kappa shape index (κ3) is 2.65. The quantitative estimate of drug-likeness (QED) is 0.743. The van der Waals surface area contributed by atoms with Gasteiger partial charge < -0.3 is 4.90 Å². The molecule has 0 unspecified atom stereocenters. The van der Waals surface area contributed by atoms with Gasteiger partial charge in [0.25, 0.3) is 0 Å². The van der Waals surface area contributed by atoms with Crippen molar-refractivity contribution in [3.8, 4) is 0 Å². The number of aromatic nitrogens is 2. The second-order valence-corrected chi connectivity index (χ2v) is 5.39. The van der Waals surface area contributed by atoms with Crippen LogP contribution in [0.15, 0.2) is 59.4 Å². The zero-order valence-electron chi connectivity index (χ0n) is 13.3. The lowest BCUT2D eigenvalue weighted by molar-refractivity contribution is -0.118. The van der Waals surface area contributed by atoms with Crippen molar-refractivity contribution in [1.29, 1.82) is 0 Å². The maximum Gasteiger partial charge on any atom is 0.329 e. The van der Waals surface area contributed by atoms with E-state index < -0.39 is 0 Å². The van der Waals surface area contributed by atoms with Crippen LogP contribution >= 0.6 is 0 Å². The number of aryl methyl sites for hydroxylation is 1. The molecule has 0 N–H and O–H groups in total. The largest absolute Gasteiger partial charge is 0.329 e. The lowest BCUT2D eigenvalue weighted by Gasteiger charge is -2.17. The fourth-order valence-electron chi connectivity index (χ4n) is 2.77. The molecule has 118 valence electrons. The summed E-state index contributed by atoms with van der Waals surface area (Å²) in [5, 5.41) is 0. The molecule has 0 aliphatic carbocycles. The van der Waals surface area contributed by atoms with Crippen molar-refractivity contribution in [1.82, 2.24) is 9.13 Å². The standard InChI is InChI=1S/C18H19N3O2/c1-3-20-15-11-7-8-12-16(15)21(18(20)23)13-17(22)19(2)14-9-5-4-6-10-14/h4-12H,3,13H2,1-2H3. The Balaban J connectivity index is 1.97. The van der Waals surface area contributed by atoms with Crippen LogP contribution in [0.3, 0.4) is 0 Å². The number of carbonyl (C=O) groups excluding carboxylic acids is 1. The number of likely N-dealkylation sites (N-methyl/N-ethyl adjacent to an activating group) is 1. The molecule has 3 rings (SSSR count). The summed E-state index contributed by atoms with van der Waals surface area (Å²) in [4.78, 5) is 26.7. The maximum atomic E-state index is 12.6. The van der Waals surface area contributed by atoms with Crippen LogP contribution in [0.5, 0.6) is 0 Å². The lowest BCUT2D eigenvalue weighted by Crippen LogP contribution is -2.34. The molecule has 0 fully saturated rings. The van der Waals surface area contributed by atoms with Crippen LogP contribution in [0.4, 0.5) is 5.69 Å². The van der Waals surface area contributed by atoms with E-state index in [4.69, 9.17) is 0 Å². The van der Waals surface area contributed by atoms with Gasteiger partial charge in [0.2, 0.25) is 5.91 Å². The molecular formula is C18H19N3O2. The Morgan fingerprint density at radius 3 is 2.13 bits per heavy atom. The lowest BCUT2D eigenvalue weighted by atomic mass is 10.3. The van der Waals surface area contributed by atoms with E-state index in [1.165, 1.54) is 0 Å². The van der Waals surface area contributed by atoms with Gasteiger partial charge >= 0.3 is 5.69 Å². The Hall–Kier alpha value is -2.82. The van der Waals surface area contributed by atoms with E-state index in [2.05, 4.69) is 0 Å². The van der Waals surface area contributed by atoms with Crippen molar-refractivity contribution >= 4 is 22.6 Å². The first kappa shape index (κ1) is 15.1. The number of nitrogens with zero attached hydrogens (tertiary/aromatic N) is 3. The normalized spacial score (nSPS) is 10.9. The van der Waals surface area contributed by atoms with Crippen LogP contribution in [0.1, 0.15) is 6.92 Å². The predicted molar refractivity (Wildman–Crippen MR) is 91.7 cm³/mol. The monoisotopic (exact) mass is 309 g/mol. The van der Waals surface area contributed by atoms with Crippen LogP contribution in [-0.2, 0) is 17.9 Å². The summed E-state index contributed by atoms with van der Waals surface area (Å²) in [6.45, 7) is 2.53. The van der Waals surface area contributed by atoms with Crippen LogP contribution in [0, 0.1) is 0 Å². The minimum absolute atomic E-state index is 0.0255. The minimum atomic E-state index is -0.150. The van der Waals surface area contributed by atoms with E-state index in [0.29, 0.717) is 6.54 Å². The first-order valence-electron chi connectivity index (χ1n) is 7.63. The number of amides is 1. The van der Waals surface area contributed by atoms with Gasteiger partial charge in [-0.05, 0) is 31.2 Å². The first-order valence-corrected chi connectivity index (χ1v) is 7.63. The van der Waals surface area contributed by atoms with Crippen molar-refractivity contribution in [2.24, 2.45) is 0 Å². The number of fused-ring (bicyclic) bond motifs is 1. The fourth-order valence-corrected chi connectivity index (χ4v) is 2.77. The topological polar surface area (TPSA) is 47.2 Å². The van der Waals surface area contributed by atoms with Crippen molar-refractivity contribution < 1.29 is 4.79 Å². The molecule has 3 aromatic rings. The molecule has 0 atom stereocenters. The molecule has 5 heteroatoms. The molecule has 1 aromatic heterocycles. The highest BCUT2D eigenvalue weighted by molar-refractivity contribution is 5.93. The summed E-state index contributed by atoms with van der Waals surface area (Å²) in [5.74, 6) is -0.127. The molecule has 0 aliphatic heterocycles. The van der Waals surface area contributed by atoms with E-state index in [1.807, 2.05) is 61.5 Å². The molecule has 1 heterocycles. The molecule has 1 amide bonds. The highest BCUT2D eigenvalue weighted by atomic mass is 16.2. The second kappa shape index (κ2) is 6.12. The van der Waals surface area contributed by atoms with Gasteiger partial charge in [-0.3, -0.25) is 13.9 Å². The molecular weight excluding hydrogens is 290 g/mol. The summed E-state index contributed by atoms with van der Waals surface area (Å²) >= 11 is 0. The van der Waals surface area contributed by atoms with E-state index in [1.54, 1.807) is 21.1 Å². The van der Waals surface area contributed by atoms with E-state index in [9.17, 15) is 9.59 Å². The number of carbonyl (C=O) groups is 1. The average molecular weight is 309 g/mol. The van der Waals surface area contributed by atoms with Gasteiger partial charge in [0.1, 0.15) is 6.54 Å². The number of benzene rings is 2. The number of anilines is 1. The van der Waals surface area contributed by atoms with Crippen molar-refractivity contribution in [3.63, 3.8) is 0 Å². The highest BCUT2D eigenvalue weighted by Gasteiger charge is 2.17. The molecule has 0 saturated carbocycles. The molecule has 23 heavy (non-hydrogen) atoms. The first-order chi connectivity index (χ1) is 11.1. The van der Waals surface area contributed by atoms with Gasteiger partial charge in [0.15, 0.2) is 0 Å². The van der Waals surface area contributed by atoms with E-state index >= 15 is 0 Å². The van der Waals surface area contributed by atoms with Crippen LogP contribution < -0.4 is 10.6 Å². The zero-order chi connectivity index (χ0) is 16.4. The van der Waals surface area contributed by atoms with E-state index in [0.717, 1.165) is 16.7 Å². The zero-order valence-corrected chi connectivity index (χ0v) is 13.3. The number of para-hydroxylation sites is 3. The Labute approximate surface area is 134 Å². The average Bonchev–Trinajstić information content (AvgIpc) is 2.86. The van der Waals surface area contributed by atoms with Crippen LogP contribution in [0.25, 0.3) is 11.0 Å². The summed E-state index contributed by atoms with van der Waals surface area (Å²) in [5.41, 5.74) is 2.30. The molecule has 0 bridgehead atoms. The Morgan fingerprint density at radius 2 is 1.52 bits per heavy atom. The highest BCUT2D eigenvalue weighted by Crippen LogP contribution is 2.15. The van der Waals surface area contributed by atoms with Crippen LogP contribution in [0.2, 0.25) is 0 Å². The third-order valence-corrected chi connectivity index (χ3v) is 4.05. The summed E-state index contributed by atoms with van der Waals surface area (Å²) in [6.07, 6.45) is 0. The Morgan fingerprint density at radius 1 is 0.957 bits per heavy atom. The number of imidazole rings is 1. The summed E-state index contributed by atoms with van der Waals surface area (Å²) in [7, 11) is 1.72. The third-order valence-electron chi connectivity index (χ3n) is 4.05. The number of hydrogen-bond donors (Lipinski definition) is 0. The van der Waals surface area contributed by atoms with Crippen molar-refractivity contribution in [3.05, 3.63) is 65.1 Å². The molecule has 5 nitrogen and oxygen atoms in total. The van der Waals surface area contributed by atoms with Crippen molar-refractivity contribution in [2.75, 3.05) is 11.9 Å². The molecule has 0 saturated heterocycles. The molecule has 2 aromatic carbocycles. The maximum absolute atomic E-state index is 12.6. The SMILES string of the molecule is CCn1c(=O)n(CC(=O)N(C)c2ccccc2)c2ccccc21. The summed E-state index contributed by atoms with van der Waals surface area (Å²) in [6, 6.07) is 17.0. The van der Waals surface area contributed by atoms with Gasteiger partial charge in [-0.15, -0.1) is 0 Å². The predicted octanol–water partition coefficient (Wildman–Crippen LogP) is 2.49. The molecule has 0 spiro atoms. The van der Waals surface area contributed by atoms with Crippen LogP contribution in [-0.4, -0.2) is 22.1 Å². The van der Waals surface area contributed by atoms with Crippen molar-refractivity contribution in [2.45, 2.75) is 20.0 Å². The second-order valence-electron chi connectivity index (χ2n) is 5.39. The van der Waals surface area contributed by atoms with Gasteiger partial charge in [-0.2, -0.15) is 0 Å². The van der Waals surface area contributed by atoms with Gasteiger partial charge in [0, 0.05) is 19.3 Å².